The van der Waals surface area contributed by atoms with Crippen LogP contribution in [0.5, 0.6) is 0 Å². The molecule has 0 aromatic heterocycles. The fourth-order valence-electron chi connectivity index (χ4n) is 5.42. The van der Waals surface area contributed by atoms with Gasteiger partial charge < -0.3 is 59.5 Å². The average Bonchev–Trinajstić information content (AvgIpc) is 2.93. The Hall–Kier alpha value is 0.739. The number of rotatable bonds is 28. The molecule has 0 bridgehead atoms. The quantitative estimate of drug-likeness (QED) is 0.0338. The molecule has 7 heteroatoms. The second kappa shape index (κ2) is 36.0. The Kier molecular flexibility index (Phi) is 40.1. The summed E-state index contributed by atoms with van der Waals surface area (Å²) < 4.78 is 1.34. The maximum absolute atomic E-state index is 5.23. The molecule has 0 aliphatic heterocycles. The first-order valence-electron chi connectivity index (χ1n) is 18.8. The van der Waals surface area contributed by atoms with E-state index >= 15 is 0 Å². The summed E-state index contributed by atoms with van der Waals surface area (Å²) in [7, 11) is 0. The molecule has 0 rings (SSSR count). The van der Waals surface area contributed by atoms with Crippen molar-refractivity contribution in [3.8, 4) is 0 Å². The molecule has 270 valence electrons. The molecule has 0 atom stereocenters. The van der Waals surface area contributed by atoms with Crippen molar-refractivity contribution in [2.75, 3.05) is 26.2 Å². The van der Waals surface area contributed by atoms with Crippen molar-refractivity contribution in [1.29, 1.82) is 0 Å². The molecule has 45 heavy (non-hydrogen) atoms. The van der Waals surface area contributed by atoms with Crippen LogP contribution >= 0.6 is 24.4 Å². The zero-order valence-electron chi connectivity index (χ0n) is 31.2. The zero-order chi connectivity index (χ0) is 33.6. The van der Waals surface area contributed by atoms with Gasteiger partial charge in [0, 0.05) is 26.2 Å². The van der Waals surface area contributed by atoms with Gasteiger partial charge in [0.15, 0.2) is 0 Å². The van der Waals surface area contributed by atoms with Crippen LogP contribution < -0.4 is 0 Å². The predicted molar refractivity (Wildman–Crippen MR) is 215 cm³/mol. The Morgan fingerprint density at radius 2 is 0.556 bits per heavy atom. The van der Waals surface area contributed by atoms with E-state index in [1.54, 1.807) is 0 Å². The molecule has 0 N–H and O–H groups in total. The van der Waals surface area contributed by atoms with E-state index in [9.17, 15) is 0 Å². The van der Waals surface area contributed by atoms with E-state index in [2.05, 4.69) is 65.2 Å². The van der Waals surface area contributed by atoms with Crippen molar-refractivity contribution in [3.05, 3.63) is 0 Å². The van der Waals surface area contributed by atoms with Crippen LogP contribution in [0.2, 0.25) is 0 Å². The summed E-state index contributed by atoms with van der Waals surface area (Å²) in [5.74, 6) is 3.36. The van der Waals surface area contributed by atoms with Crippen LogP contribution in [-0.2, 0) is 42.3 Å². The van der Waals surface area contributed by atoms with Gasteiger partial charge >= 0.3 is 17.1 Å². The van der Waals surface area contributed by atoms with Gasteiger partial charge in [-0.2, -0.15) is 0 Å². The number of hydrogen-bond acceptors (Lipinski definition) is 4. The molecular weight excluding hydrogens is 669 g/mol. The minimum Gasteiger partial charge on any atom is -0.411 e. The minimum atomic E-state index is 0. The van der Waals surface area contributed by atoms with Gasteiger partial charge in [0.2, 0.25) is 0 Å². The molecular formula is C38H76FeN2S4. The van der Waals surface area contributed by atoms with Gasteiger partial charge in [0.1, 0.15) is 0 Å². The third-order valence-electron chi connectivity index (χ3n) is 8.35. The van der Waals surface area contributed by atoms with E-state index < -0.39 is 0 Å². The van der Waals surface area contributed by atoms with Crippen LogP contribution in [0.25, 0.3) is 0 Å². The smallest absolute Gasteiger partial charge is 0.411 e. The van der Waals surface area contributed by atoms with Crippen LogP contribution in [0, 0.1) is 23.7 Å². The Balaban J connectivity index is -0.000000767. The van der Waals surface area contributed by atoms with E-state index in [-0.39, 0.29) is 17.1 Å². The first-order chi connectivity index (χ1) is 20.9. The van der Waals surface area contributed by atoms with Gasteiger partial charge in [-0.3, -0.25) is 0 Å². The van der Waals surface area contributed by atoms with Crippen molar-refractivity contribution in [3.63, 3.8) is 0 Å². The molecule has 0 aromatic carbocycles. The Labute approximate surface area is 316 Å². The largest absolute Gasteiger partial charge is 2.00 e. The Morgan fingerprint density at radius 1 is 0.378 bits per heavy atom. The molecule has 0 saturated heterocycles. The van der Waals surface area contributed by atoms with Crippen LogP contribution in [0.3, 0.4) is 0 Å². The zero-order valence-corrected chi connectivity index (χ0v) is 35.5. The van der Waals surface area contributed by atoms with Gasteiger partial charge in [-0.1, -0.05) is 167 Å². The molecule has 0 heterocycles. The molecule has 0 unspecified atom stereocenters. The van der Waals surface area contributed by atoms with Gasteiger partial charge in [-0.05, 0) is 49.4 Å². The molecule has 0 aliphatic carbocycles. The van der Waals surface area contributed by atoms with E-state index in [0.717, 1.165) is 49.9 Å². The number of thiocarbonyl (C=S) groups is 2. The standard InChI is InChI=1S/2C19H39NS2.Fe/c2*1-17(2)13-9-5-7-11-15-20(19(21)22)16-12-8-6-10-14-18(3)4;/h2*17-18H,5-16H2,1-4H3,(H,21,22);/q;;+2/p-2. The summed E-state index contributed by atoms with van der Waals surface area (Å²) >= 11 is 20.9. The van der Waals surface area contributed by atoms with E-state index in [4.69, 9.17) is 49.7 Å². The van der Waals surface area contributed by atoms with Gasteiger partial charge in [0.05, 0.1) is 0 Å². The van der Waals surface area contributed by atoms with E-state index in [1.165, 1.54) is 128 Å². The Morgan fingerprint density at radius 3 is 0.711 bits per heavy atom. The molecule has 0 aromatic rings. The van der Waals surface area contributed by atoms with Crippen LogP contribution in [-0.4, -0.2) is 44.6 Å². The van der Waals surface area contributed by atoms with Gasteiger partial charge in [-0.25, -0.2) is 0 Å². The fraction of sp³-hybridized carbons (Fsp3) is 0.947. The first kappa shape index (κ1) is 50.1. The summed E-state index contributed by atoms with van der Waals surface area (Å²) in [6, 6.07) is 0. The van der Waals surface area contributed by atoms with Crippen molar-refractivity contribution >= 4 is 58.3 Å². The van der Waals surface area contributed by atoms with Gasteiger partial charge in [0.25, 0.3) is 0 Å². The number of hydrogen-bond donors (Lipinski definition) is 0. The second-order valence-electron chi connectivity index (χ2n) is 14.9. The molecule has 2 nitrogen and oxygen atoms in total. The maximum atomic E-state index is 5.23. The number of nitrogens with zero attached hydrogens (tertiary/aromatic N) is 2. The molecule has 0 radical (unpaired) electrons. The summed E-state index contributed by atoms with van der Waals surface area (Å²) in [5.41, 5.74) is 0. The predicted octanol–water partition coefficient (Wildman–Crippen LogP) is 12.7. The van der Waals surface area contributed by atoms with Crippen LogP contribution in [0.15, 0.2) is 0 Å². The van der Waals surface area contributed by atoms with Crippen LogP contribution in [0.1, 0.15) is 184 Å². The van der Waals surface area contributed by atoms with E-state index in [1.807, 2.05) is 0 Å². The molecule has 0 saturated carbocycles. The third-order valence-corrected chi connectivity index (χ3v) is 9.39. The maximum Gasteiger partial charge on any atom is 2.00 e. The molecule has 0 spiro atoms. The summed E-state index contributed by atoms with van der Waals surface area (Å²) in [6.07, 6.45) is 26.5. The SMILES string of the molecule is CC(C)CCCCCCN(CCCCCCC(C)C)C(=S)[S-].CC(C)CCCCCCN(CCCCCCC(C)C)C(=S)[S-].[Fe+2]. The number of unbranched alkanes of at least 4 members (excludes halogenated alkanes) is 12. The molecule has 0 amide bonds. The van der Waals surface area contributed by atoms with Crippen molar-refractivity contribution in [2.24, 2.45) is 23.7 Å². The second-order valence-corrected chi connectivity index (χ2v) is 17.0. The average molecular weight is 745 g/mol. The third kappa shape index (κ3) is 40.8. The minimum absolute atomic E-state index is 0. The van der Waals surface area contributed by atoms with E-state index in [0.29, 0.717) is 8.64 Å². The molecule has 0 aliphatic rings. The summed E-state index contributed by atoms with van der Waals surface area (Å²) in [6.45, 7) is 22.7. The van der Waals surface area contributed by atoms with Crippen LogP contribution in [0.4, 0.5) is 0 Å². The Bertz CT molecular complexity index is 549. The first-order valence-corrected chi connectivity index (χ1v) is 20.4. The van der Waals surface area contributed by atoms with Gasteiger partial charge in [-0.15, -0.1) is 0 Å². The summed E-state index contributed by atoms with van der Waals surface area (Å²) in [5, 5.41) is 0. The van der Waals surface area contributed by atoms with Crippen molar-refractivity contribution in [2.45, 2.75) is 184 Å². The molecule has 0 fully saturated rings. The monoisotopic (exact) mass is 744 g/mol. The van der Waals surface area contributed by atoms with Crippen molar-refractivity contribution in [1.82, 2.24) is 9.80 Å². The normalized spacial score (nSPS) is 11.1. The topological polar surface area (TPSA) is 6.48 Å². The summed E-state index contributed by atoms with van der Waals surface area (Å²) in [4.78, 5) is 4.49. The fourth-order valence-corrected chi connectivity index (χ4v) is 6.15. The van der Waals surface area contributed by atoms with Crippen molar-refractivity contribution < 1.29 is 17.1 Å².